The minimum atomic E-state index is -0.107. The maximum absolute atomic E-state index is 13.6. The van der Waals surface area contributed by atoms with Gasteiger partial charge in [-0.2, -0.15) is 0 Å². The van der Waals surface area contributed by atoms with Gasteiger partial charge in [0.1, 0.15) is 5.82 Å². The van der Waals surface area contributed by atoms with Gasteiger partial charge in [-0.15, -0.1) is 0 Å². The Labute approximate surface area is 110 Å². The Morgan fingerprint density at radius 1 is 1.41 bits per heavy atom. The molecule has 2 nitrogen and oxygen atoms in total. The second-order valence-electron chi connectivity index (χ2n) is 4.57. The predicted octanol–water partition coefficient (Wildman–Crippen LogP) is 2.77. The number of hydrogen-bond donors (Lipinski definition) is 1. The smallest absolute Gasteiger partial charge is 0.127 e. The van der Waals surface area contributed by atoms with Gasteiger partial charge < -0.3 is 5.32 Å². The van der Waals surface area contributed by atoms with Crippen LogP contribution in [0.1, 0.15) is 18.4 Å². The van der Waals surface area contributed by atoms with Crippen LogP contribution in [0.2, 0.25) is 0 Å². The van der Waals surface area contributed by atoms with Gasteiger partial charge in [-0.1, -0.05) is 15.9 Å². The number of nitrogens with zero attached hydrogens (tertiary/aromatic N) is 1. The zero-order valence-corrected chi connectivity index (χ0v) is 11.6. The fourth-order valence-corrected chi connectivity index (χ4v) is 2.69. The Morgan fingerprint density at radius 2 is 2.12 bits per heavy atom. The van der Waals surface area contributed by atoms with E-state index >= 15 is 0 Å². The molecule has 0 unspecified atom stereocenters. The molecule has 1 saturated heterocycles. The van der Waals surface area contributed by atoms with Crippen LogP contribution in [0, 0.1) is 5.82 Å². The van der Waals surface area contributed by atoms with Gasteiger partial charge in [0.15, 0.2) is 0 Å². The number of hydrogen-bond acceptors (Lipinski definition) is 2. The van der Waals surface area contributed by atoms with E-state index in [4.69, 9.17) is 0 Å². The summed E-state index contributed by atoms with van der Waals surface area (Å²) in [6, 6.07) is 5.77. The molecule has 0 atom stereocenters. The Morgan fingerprint density at radius 3 is 2.76 bits per heavy atom. The summed E-state index contributed by atoms with van der Waals surface area (Å²) in [7, 11) is 2.01. The first-order valence-electron chi connectivity index (χ1n) is 6.02. The molecule has 1 fully saturated rings. The highest BCUT2D eigenvalue weighted by atomic mass is 79.9. The fraction of sp³-hybridized carbons (Fsp3) is 0.538. The van der Waals surface area contributed by atoms with Gasteiger partial charge in [0, 0.05) is 22.6 Å². The molecule has 1 aliphatic heterocycles. The van der Waals surface area contributed by atoms with E-state index in [9.17, 15) is 4.39 Å². The molecule has 1 aliphatic rings. The summed E-state index contributed by atoms with van der Waals surface area (Å²) in [5, 5.41) is 3.30. The molecule has 2 rings (SSSR count). The van der Waals surface area contributed by atoms with E-state index in [0.29, 0.717) is 12.6 Å². The molecular formula is C13H18BrFN2. The van der Waals surface area contributed by atoms with E-state index in [1.54, 1.807) is 6.07 Å². The molecule has 0 bridgehead atoms. The lowest BCUT2D eigenvalue weighted by atomic mass is 10.0. The lowest BCUT2D eigenvalue weighted by molar-refractivity contribution is 0.192. The molecule has 0 aromatic heterocycles. The number of likely N-dealkylation sites (tertiary alicyclic amines) is 1. The molecule has 17 heavy (non-hydrogen) atoms. The summed E-state index contributed by atoms with van der Waals surface area (Å²) < 4.78 is 14.6. The third-order valence-electron chi connectivity index (χ3n) is 3.40. The van der Waals surface area contributed by atoms with E-state index in [-0.39, 0.29) is 5.82 Å². The predicted molar refractivity (Wildman–Crippen MR) is 71.5 cm³/mol. The molecule has 1 aromatic carbocycles. The summed E-state index contributed by atoms with van der Waals surface area (Å²) in [6.45, 7) is 2.79. The largest absolute Gasteiger partial charge is 0.317 e. The Balaban J connectivity index is 1.95. The third-order valence-corrected chi connectivity index (χ3v) is 3.89. The van der Waals surface area contributed by atoms with Crippen molar-refractivity contribution in [1.82, 2.24) is 10.2 Å². The van der Waals surface area contributed by atoms with Gasteiger partial charge >= 0.3 is 0 Å². The van der Waals surface area contributed by atoms with Crippen molar-refractivity contribution in [2.24, 2.45) is 0 Å². The molecular weight excluding hydrogens is 283 g/mol. The summed E-state index contributed by atoms with van der Waals surface area (Å²) in [5.41, 5.74) is 0.780. The lowest BCUT2D eigenvalue weighted by Crippen LogP contribution is -2.40. The van der Waals surface area contributed by atoms with Crippen LogP contribution in [-0.4, -0.2) is 31.1 Å². The molecule has 1 heterocycles. The van der Waals surface area contributed by atoms with Gasteiger partial charge in [-0.3, -0.25) is 4.90 Å². The molecule has 0 saturated carbocycles. The summed E-state index contributed by atoms with van der Waals surface area (Å²) >= 11 is 3.39. The molecule has 0 radical (unpaired) electrons. The van der Waals surface area contributed by atoms with Crippen LogP contribution in [0.4, 0.5) is 4.39 Å². The fourth-order valence-electron chi connectivity index (χ4n) is 2.29. The summed E-state index contributed by atoms with van der Waals surface area (Å²) in [6.07, 6.45) is 2.29. The number of benzene rings is 1. The molecule has 94 valence electrons. The van der Waals surface area contributed by atoms with Crippen molar-refractivity contribution < 1.29 is 4.39 Å². The highest BCUT2D eigenvalue weighted by Gasteiger charge is 2.18. The highest BCUT2D eigenvalue weighted by molar-refractivity contribution is 9.10. The highest BCUT2D eigenvalue weighted by Crippen LogP contribution is 2.19. The van der Waals surface area contributed by atoms with E-state index in [0.717, 1.165) is 36.0 Å². The van der Waals surface area contributed by atoms with E-state index in [1.165, 1.54) is 6.07 Å². The SMILES string of the molecule is CNC1CCN(Cc2cc(Br)ccc2F)CC1. The van der Waals surface area contributed by atoms with Crippen LogP contribution in [-0.2, 0) is 6.54 Å². The maximum Gasteiger partial charge on any atom is 0.127 e. The standard InChI is InChI=1S/C13H18BrFN2/c1-16-12-4-6-17(7-5-12)9-10-8-11(14)2-3-13(10)15/h2-3,8,12,16H,4-7,9H2,1H3. The molecule has 0 aliphatic carbocycles. The van der Waals surface area contributed by atoms with Crippen molar-refractivity contribution in [3.63, 3.8) is 0 Å². The van der Waals surface area contributed by atoms with Crippen molar-refractivity contribution in [2.45, 2.75) is 25.4 Å². The topological polar surface area (TPSA) is 15.3 Å². The van der Waals surface area contributed by atoms with Gasteiger partial charge in [-0.25, -0.2) is 4.39 Å². The minimum Gasteiger partial charge on any atom is -0.317 e. The maximum atomic E-state index is 13.6. The Kier molecular flexibility index (Phi) is 4.54. The van der Waals surface area contributed by atoms with Crippen LogP contribution < -0.4 is 5.32 Å². The molecule has 1 aromatic rings. The number of nitrogens with one attached hydrogen (secondary N) is 1. The van der Waals surface area contributed by atoms with Gasteiger partial charge in [0.25, 0.3) is 0 Å². The normalized spacial score (nSPS) is 18.5. The van der Waals surface area contributed by atoms with Crippen LogP contribution in [0.3, 0.4) is 0 Å². The van der Waals surface area contributed by atoms with Crippen LogP contribution in [0.5, 0.6) is 0 Å². The molecule has 0 amide bonds. The van der Waals surface area contributed by atoms with E-state index in [2.05, 4.69) is 26.1 Å². The van der Waals surface area contributed by atoms with Crippen molar-refractivity contribution >= 4 is 15.9 Å². The zero-order chi connectivity index (χ0) is 12.3. The Hall–Kier alpha value is -0.450. The summed E-state index contributed by atoms with van der Waals surface area (Å²) in [4.78, 5) is 2.32. The quantitative estimate of drug-likeness (QED) is 0.923. The number of halogens is 2. The molecule has 1 N–H and O–H groups in total. The van der Waals surface area contributed by atoms with Crippen LogP contribution >= 0.6 is 15.9 Å². The first-order chi connectivity index (χ1) is 8.19. The van der Waals surface area contributed by atoms with Crippen molar-refractivity contribution in [3.05, 3.63) is 34.1 Å². The number of piperidine rings is 1. The van der Waals surface area contributed by atoms with Crippen molar-refractivity contribution in [3.8, 4) is 0 Å². The van der Waals surface area contributed by atoms with Crippen molar-refractivity contribution in [1.29, 1.82) is 0 Å². The lowest BCUT2D eigenvalue weighted by Gasteiger charge is -2.31. The van der Waals surface area contributed by atoms with Crippen LogP contribution in [0.25, 0.3) is 0 Å². The average molecular weight is 301 g/mol. The number of rotatable bonds is 3. The minimum absolute atomic E-state index is 0.107. The second kappa shape index (κ2) is 5.94. The van der Waals surface area contributed by atoms with Crippen molar-refractivity contribution in [2.75, 3.05) is 20.1 Å². The van der Waals surface area contributed by atoms with Gasteiger partial charge in [0.05, 0.1) is 0 Å². The average Bonchev–Trinajstić information content (AvgIpc) is 2.35. The van der Waals surface area contributed by atoms with Gasteiger partial charge in [0.2, 0.25) is 0 Å². The van der Waals surface area contributed by atoms with Gasteiger partial charge in [-0.05, 0) is 51.2 Å². The van der Waals surface area contributed by atoms with E-state index in [1.807, 2.05) is 13.1 Å². The second-order valence-corrected chi connectivity index (χ2v) is 5.49. The molecule has 0 spiro atoms. The third kappa shape index (κ3) is 3.50. The van der Waals surface area contributed by atoms with E-state index < -0.39 is 0 Å². The monoisotopic (exact) mass is 300 g/mol. The first kappa shape index (κ1) is 13.0. The summed E-state index contributed by atoms with van der Waals surface area (Å²) in [5.74, 6) is -0.107. The van der Waals surface area contributed by atoms with Crippen LogP contribution in [0.15, 0.2) is 22.7 Å². The Bertz CT molecular complexity index is 376. The first-order valence-corrected chi connectivity index (χ1v) is 6.82. The zero-order valence-electron chi connectivity index (χ0n) is 10.0. The molecule has 4 heteroatoms.